The minimum absolute atomic E-state index is 0.108. The molecule has 1 aromatic rings. The van der Waals surface area contributed by atoms with Crippen molar-refractivity contribution in [3.8, 4) is 11.5 Å². The van der Waals surface area contributed by atoms with Crippen molar-refractivity contribution in [1.29, 1.82) is 0 Å². The van der Waals surface area contributed by atoms with Gasteiger partial charge in [0.1, 0.15) is 11.5 Å². The van der Waals surface area contributed by atoms with Crippen molar-refractivity contribution in [1.82, 2.24) is 4.90 Å². The monoisotopic (exact) mass is 353 g/mol. The molecule has 0 aliphatic rings. The van der Waals surface area contributed by atoms with Crippen LogP contribution in [0.3, 0.4) is 0 Å². The molecule has 0 aromatic heterocycles. The molecule has 0 fully saturated rings. The number of nitrogens with zero attached hydrogens (tertiary/aromatic N) is 1. The second-order valence-electron chi connectivity index (χ2n) is 5.25. The molecule has 1 amide bonds. The van der Waals surface area contributed by atoms with Crippen molar-refractivity contribution in [3.63, 3.8) is 0 Å². The largest absolute Gasteiger partial charge is 0.497 e. The maximum absolute atomic E-state index is 12.4. The number of methoxy groups -OCH3 is 2. The first-order valence-electron chi connectivity index (χ1n) is 8.29. The average Bonchev–Trinajstić information content (AvgIpc) is 2.63. The lowest BCUT2D eigenvalue weighted by molar-refractivity contribution is -0.144. The Morgan fingerprint density at radius 2 is 1.88 bits per heavy atom. The zero-order valence-corrected chi connectivity index (χ0v) is 15.2. The van der Waals surface area contributed by atoms with Crippen LogP contribution in [0.5, 0.6) is 11.5 Å². The van der Waals surface area contributed by atoms with Gasteiger partial charge >= 0.3 is 5.97 Å². The highest BCUT2D eigenvalue weighted by Crippen LogP contribution is 2.18. The number of ether oxygens (including phenoxy) is 4. The van der Waals surface area contributed by atoms with E-state index in [1.54, 1.807) is 50.3 Å². The highest BCUT2D eigenvalue weighted by atomic mass is 16.5. The first-order valence-corrected chi connectivity index (χ1v) is 8.29. The van der Waals surface area contributed by atoms with Gasteiger partial charge in [-0.1, -0.05) is 6.07 Å². The highest BCUT2D eigenvalue weighted by molar-refractivity contribution is 5.78. The van der Waals surface area contributed by atoms with Gasteiger partial charge in [-0.05, 0) is 25.5 Å². The second-order valence-corrected chi connectivity index (χ2v) is 5.25. The van der Waals surface area contributed by atoms with E-state index in [0.29, 0.717) is 44.2 Å². The summed E-state index contributed by atoms with van der Waals surface area (Å²) in [5, 5.41) is 0. The molecule has 0 aliphatic carbocycles. The first-order chi connectivity index (χ1) is 12.1. The second kappa shape index (κ2) is 12.1. The highest BCUT2D eigenvalue weighted by Gasteiger charge is 2.16. The molecule has 1 aromatic carbocycles. The minimum atomic E-state index is -0.319. The molecule has 0 spiro atoms. The van der Waals surface area contributed by atoms with E-state index in [2.05, 4.69) is 0 Å². The Bertz CT molecular complexity index is 534. The number of carbonyl (C=O) groups is 2. The maximum Gasteiger partial charge on any atom is 0.307 e. The molecule has 7 nitrogen and oxygen atoms in total. The fraction of sp³-hybridized carbons (Fsp3) is 0.556. The number of hydrogen-bond acceptors (Lipinski definition) is 6. The van der Waals surface area contributed by atoms with Crippen LogP contribution in [-0.2, 0) is 19.1 Å². The van der Waals surface area contributed by atoms with Crippen molar-refractivity contribution in [2.45, 2.75) is 19.8 Å². The Hall–Kier alpha value is -2.28. The lowest BCUT2D eigenvalue weighted by Crippen LogP contribution is -2.37. The van der Waals surface area contributed by atoms with Crippen LogP contribution in [0.2, 0.25) is 0 Å². The lowest BCUT2D eigenvalue weighted by atomic mass is 10.3. The van der Waals surface area contributed by atoms with E-state index in [1.165, 1.54) is 0 Å². The van der Waals surface area contributed by atoms with E-state index in [9.17, 15) is 9.59 Å². The normalized spacial score (nSPS) is 10.2. The van der Waals surface area contributed by atoms with Gasteiger partial charge in [0.15, 0.2) is 6.61 Å². The molecule has 0 saturated carbocycles. The van der Waals surface area contributed by atoms with Crippen LogP contribution in [0.25, 0.3) is 0 Å². The van der Waals surface area contributed by atoms with Crippen molar-refractivity contribution < 1.29 is 28.5 Å². The van der Waals surface area contributed by atoms with Gasteiger partial charge in [-0.15, -0.1) is 0 Å². The Kier molecular flexibility index (Phi) is 10.1. The van der Waals surface area contributed by atoms with E-state index in [-0.39, 0.29) is 24.9 Å². The molecule has 25 heavy (non-hydrogen) atoms. The van der Waals surface area contributed by atoms with Crippen molar-refractivity contribution in [2.75, 3.05) is 47.1 Å². The standard InChI is InChI=1S/C18H27NO6/c1-4-24-18(21)9-11-19(10-6-12-22-2)17(20)14-25-16-8-5-7-15(13-16)23-3/h5,7-8,13H,4,6,9-12,14H2,1-3H3. The quantitative estimate of drug-likeness (QED) is 0.422. The van der Waals surface area contributed by atoms with Crippen LogP contribution in [0.15, 0.2) is 24.3 Å². The summed E-state index contributed by atoms with van der Waals surface area (Å²) in [7, 11) is 3.17. The van der Waals surface area contributed by atoms with E-state index in [4.69, 9.17) is 18.9 Å². The molecule has 0 saturated heterocycles. The molecular formula is C18H27NO6. The van der Waals surface area contributed by atoms with Crippen LogP contribution in [0.1, 0.15) is 19.8 Å². The molecule has 0 atom stereocenters. The van der Waals surface area contributed by atoms with Gasteiger partial charge < -0.3 is 23.8 Å². The van der Waals surface area contributed by atoms with E-state index >= 15 is 0 Å². The van der Waals surface area contributed by atoms with Gasteiger partial charge in [0, 0.05) is 32.9 Å². The van der Waals surface area contributed by atoms with E-state index in [1.807, 2.05) is 0 Å². The first kappa shape index (κ1) is 20.8. The van der Waals surface area contributed by atoms with Gasteiger partial charge in [0.2, 0.25) is 0 Å². The zero-order valence-electron chi connectivity index (χ0n) is 15.2. The van der Waals surface area contributed by atoms with Crippen molar-refractivity contribution in [2.24, 2.45) is 0 Å². The van der Waals surface area contributed by atoms with Crippen LogP contribution >= 0.6 is 0 Å². The molecular weight excluding hydrogens is 326 g/mol. The number of hydrogen-bond donors (Lipinski definition) is 0. The summed E-state index contributed by atoms with van der Waals surface area (Å²) in [6.45, 7) is 3.30. The predicted molar refractivity (Wildman–Crippen MR) is 92.8 cm³/mol. The SMILES string of the molecule is CCOC(=O)CCN(CCCOC)C(=O)COc1cccc(OC)c1. The molecule has 0 N–H and O–H groups in total. The molecule has 140 valence electrons. The van der Waals surface area contributed by atoms with Crippen molar-refractivity contribution >= 4 is 11.9 Å². The Morgan fingerprint density at radius 3 is 2.56 bits per heavy atom. The number of esters is 1. The van der Waals surface area contributed by atoms with Gasteiger partial charge in [-0.25, -0.2) is 0 Å². The summed E-state index contributed by atoms with van der Waals surface area (Å²) < 4.78 is 20.6. The maximum atomic E-state index is 12.4. The lowest BCUT2D eigenvalue weighted by Gasteiger charge is -2.22. The summed E-state index contributed by atoms with van der Waals surface area (Å²) in [5.41, 5.74) is 0. The summed E-state index contributed by atoms with van der Waals surface area (Å²) in [5.74, 6) is 0.697. The molecule has 1 rings (SSSR count). The molecule has 0 unspecified atom stereocenters. The zero-order chi connectivity index (χ0) is 18.5. The molecule has 7 heteroatoms. The third-order valence-electron chi connectivity index (χ3n) is 3.42. The Morgan fingerprint density at radius 1 is 1.12 bits per heavy atom. The summed E-state index contributed by atoms with van der Waals surface area (Å²) in [6.07, 6.45) is 0.843. The Balaban J connectivity index is 2.55. The van der Waals surface area contributed by atoms with Gasteiger partial charge in [0.25, 0.3) is 5.91 Å². The van der Waals surface area contributed by atoms with Gasteiger partial charge in [-0.3, -0.25) is 9.59 Å². The van der Waals surface area contributed by atoms with Gasteiger partial charge in [-0.2, -0.15) is 0 Å². The fourth-order valence-corrected chi connectivity index (χ4v) is 2.15. The van der Waals surface area contributed by atoms with Crippen LogP contribution < -0.4 is 9.47 Å². The topological polar surface area (TPSA) is 74.3 Å². The third-order valence-corrected chi connectivity index (χ3v) is 3.42. The number of amides is 1. The predicted octanol–water partition coefficient (Wildman–Crippen LogP) is 1.89. The van der Waals surface area contributed by atoms with Crippen LogP contribution in [0.4, 0.5) is 0 Å². The number of benzene rings is 1. The third kappa shape index (κ3) is 8.39. The molecule has 0 heterocycles. The Labute approximate surface area is 148 Å². The van der Waals surface area contributed by atoms with Crippen LogP contribution in [0, 0.1) is 0 Å². The van der Waals surface area contributed by atoms with Gasteiger partial charge in [0.05, 0.1) is 20.1 Å². The molecule has 0 radical (unpaired) electrons. The van der Waals surface area contributed by atoms with Crippen molar-refractivity contribution in [3.05, 3.63) is 24.3 Å². The van der Waals surface area contributed by atoms with Crippen LogP contribution in [-0.4, -0.2) is 63.9 Å². The fourth-order valence-electron chi connectivity index (χ4n) is 2.15. The molecule has 0 bridgehead atoms. The average molecular weight is 353 g/mol. The summed E-state index contributed by atoms with van der Waals surface area (Å²) >= 11 is 0. The smallest absolute Gasteiger partial charge is 0.307 e. The molecule has 0 aliphatic heterocycles. The van der Waals surface area contributed by atoms with E-state index < -0.39 is 0 Å². The summed E-state index contributed by atoms with van der Waals surface area (Å²) in [4.78, 5) is 25.5. The summed E-state index contributed by atoms with van der Waals surface area (Å²) in [6, 6.07) is 7.05. The minimum Gasteiger partial charge on any atom is -0.497 e. The number of rotatable bonds is 12. The van der Waals surface area contributed by atoms with E-state index in [0.717, 1.165) is 0 Å². The number of carbonyl (C=O) groups excluding carboxylic acids is 2.